The number of pyridine rings is 1. The fourth-order valence-electron chi connectivity index (χ4n) is 1.49. The predicted octanol–water partition coefficient (Wildman–Crippen LogP) is 2.24. The summed E-state index contributed by atoms with van der Waals surface area (Å²) in [5, 5.41) is 3.06. The molecule has 0 bridgehead atoms. The first kappa shape index (κ1) is 15.2. The second kappa shape index (κ2) is 6.36. The Morgan fingerprint density at radius 3 is 2.44 bits per heavy atom. The van der Waals surface area contributed by atoms with Crippen molar-refractivity contribution in [1.29, 1.82) is 0 Å². The summed E-state index contributed by atoms with van der Waals surface area (Å²) in [6.07, 6.45) is 2.78. The summed E-state index contributed by atoms with van der Waals surface area (Å²) in [6.45, 7) is 3.87. The van der Waals surface area contributed by atoms with E-state index in [1.54, 1.807) is 7.05 Å². The van der Waals surface area contributed by atoms with Crippen LogP contribution in [0.25, 0.3) is 0 Å². The molecule has 0 aliphatic rings. The maximum atomic E-state index is 12.1. The van der Waals surface area contributed by atoms with Gasteiger partial charge in [-0.25, -0.2) is 18.1 Å². The fourth-order valence-corrected chi connectivity index (χ4v) is 3.19. The Balaban J connectivity index is 3.02. The van der Waals surface area contributed by atoms with Gasteiger partial charge in [0.15, 0.2) is 0 Å². The van der Waals surface area contributed by atoms with Crippen molar-refractivity contribution in [2.75, 3.05) is 12.4 Å². The van der Waals surface area contributed by atoms with Crippen LogP contribution in [0.1, 0.15) is 26.7 Å². The first-order valence-corrected chi connectivity index (χ1v) is 7.66. The van der Waals surface area contributed by atoms with Crippen molar-refractivity contribution in [1.82, 2.24) is 9.71 Å². The highest BCUT2D eigenvalue weighted by Gasteiger charge is 2.19. The highest BCUT2D eigenvalue weighted by Crippen LogP contribution is 2.22. The number of sulfonamides is 1. The summed E-state index contributed by atoms with van der Waals surface area (Å²) in [7, 11) is -1.88. The monoisotopic (exact) mass is 291 g/mol. The molecule has 0 saturated carbocycles. The lowest BCUT2D eigenvalue weighted by molar-refractivity contribution is 0.530. The van der Waals surface area contributed by atoms with E-state index in [0.717, 1.165) is 12.8 Å². The zero-order valence-corrected chi connectivity index (χ0v) is 12.3. The summed E-state index contributed by atoms with van der Waals surface area (Å²) in [6, 6.07) is 1.32. The summed E-state index contributed by atoms with van der Waals surface area (Å²) in [4.78, 5) is 4.04. The number of hydrogen-bond donors (Lipinski definition) is 2. The largest absolute Gasteiger partial charge is 0.372 e. The maximum Gasteiger partial charge on any atom is 0.242 e. The van der Waals surface area contributed by atoms with E-state index in [1.807, 2.05) is 13.8 Å². The zero-order chi connectivity index (χ0) is 13.8. The van der Waals surface area contributed by atoms with Gasteiger partial charge in [0.25, 0.3) is 0 Å². The van der Waals surface area contributed by atoms with Crippen LogP contribution in [0.2, 0.25) is 5.02 Å². The molecule has 0 unspecified atom stereocenters. The average Bonchev–Trinajstić information content (AvgIpc) is 2.35. The molecular weight excluding hydrogens is 274 g/mol. The van der Waals surface area contributed by atoms with Gasteiger partial charge in [0.2, 0.25) is 10.0 Å². The molecule has 0 amide bonds. The molecule has 0 atom stereocenters. The van der Waals surface area contributed by atoms with Gasteiger partial charge in [-0.1, -0.05) is 25.4 Å². The Hall–Kier alpha value is -0.850. The molecule has 0 aliphatic carbocycles. The highest BCUT2D eigenvalue weighted by atomic mass is 35.5. The molecule has 5 nitrogen and oxygen atoms in total. The quantitative estimate of drug-likeness (QED) is 0.843. The van der Waals surface area contributed by atoms with Crippen molar-refractivity contribution >= 4 is 27.4 Å². The molecule has 7 heteroatoms. The molecule has 1 rings (SSSR count). The lowest BCUT2D eigenvalue weighted by Crippen LogP contribution is -2.33. The summed E-state index contributed by atoms with van der Waals surface area (Å²) < 4.78 is 26.8. The first-order valence-electron chi connectivity index (χ1n) is 5.80. The molecule has 1 aromatic heterocycles. The second-order valence-electron chi connectivity index (χ2n) is 3.89. The van der Waals surface area contributed by atoms with Crippen molar-refractivity contribution in [3.05, 3.63) is 17.3 Å². The number of anilines is 1. The molecular formula is C11H18ClN3O2S. The van der Waals surface area contributed by atoms with E-state index in [9.17, 15) is 8.42 Å². The highest BCUT2D eigenvalue weighted by molar-refractivity contribution is 7.89. The van der Waals surface area contributed by atoms with Gasteiger partial charge in [0.1, 0.15) is 10.7 Å². The number of halogens is 1. The summed E-state index contributed by atoms with van der Waals surface area (Å²) in [5.74, 6) is 0.457. The molecule has 0 aliphatic heterocycles. The third-order valence-corrected chi connectivity index (χ3v) is 4.45. The molecule has 0 spiro atoms. The van der Waals surface area contributed by atoms with E-state index in [2.05, 4.69) is 15.0 Å². The Kier molecular flexibility index (Phi) is 5.37. The van der Waals surface area contributed by atoms with Gasteiger partial charge in [-0.2, -0.15) is 0 Å². The van der Waals surface area contributed by atoms with Crippen LogP contribution in [-0.2, 0) is 10.0 Å². The molecule has 0 aromatic carbocycles. The number of nitrogens with one attached hydrogen (secondary N) is 2. The Labute approximate surface area is 113 Å². The molecule has 102 valence electrons. The number of aromatic nitrogens is 1. The van der Waals surface area contributed by atoms with Gasteiger partial charge in [-0.05, 0) is 18.9 Å². The molecule has 0 saturated heterocycles. The minimum absolute atomic E-state index is 0.0715. The van der Waals surface area contributed by atoms with E-state index in [-0.39, 0.29) is 16.0 Å². The molecule has 2 N–H and O–H groups in total. The fraction of sp³-hybridized carbons (Fsp3) is 0.545. The van der Waals surface area contributed by atoms with Crippen molar-refractivity contribution in [2.45, 2.75) is 37.6 Å². The van der Waals surface area contributed by atoms with Gasteiger partial charge >= 0.3 is 0 Å². The minimum Gasteiger partial charge on any atom is -0.372 e. The van der Waals surface area contributed by atoms with Crippen LogP contribution in [0, 0.1) is 0 Å². The summed E-state index contributed by atoms with van der Waals surface area (Å²) >= 11 is 5.92. The van der Waals surface area contributed by atoms with Crippen LogP contribution in [-0.4, -0.2) is 26.5 Å². The topological polar surface area (TPSA) is 71.1 Å². The van der Waals surface area contributed by atoms with Gasteiger partial charge in [0.05, 0.1) is 5.02 Å². The summed E-state index contributed by atoms with van der Waals surface area (Å²) in [5.41, 5.74) is 0. The molecule has 0 radical (unpaired) electrons. The third-order valence-electron chi connectivity index (χ3n) is 2.67. The lowest BCUT2D eigenvalue weighted by Gasteiger charge is -2.15. The van der Waals surface area contributed by atoms with E-state index in [4.69, 9.17) is 11.6 Å². The van der Waals surface area contributed by atoms with Crippen LogP contribution in [0.15, 0.2) is 17.2 Å². The van der Waals surface area contributed by atoms with Crippen LogP contribution in [0.4, 0.5) is 5.82 Å². The van der Waals surface area contributed by atoms with E-state index >= 15 is 0 Å². The maximum absolute atomic E-state index is 12.1. The standard InChI is InChI=1S/C11H18ClN3O2S/c1-4-8(5-2)15-18(16,17)9-6-10(12)11(13-3)14-7-9/h6-8,15H,4-5H2,1-3H3,(H,13,14). The van der Waals surface area contributed by atoms with E-state index in [1.165, 1.54) is 12.3 Å². The van der Waals surface area contributed by atoms with Crippen LogP contribution in [0.3, 0.4) is 0 Å². The molecule has 1 heterocycles. The zero-order valence-electron chi connectivity index (χ0n) is 10.7. The van der Waals surface area contributed by atoms with Gasteiger partial charge in [-0.15, -0.1) is 0 Å². The predicted molar refractivity (Wildman–Crippen MR) is 73.5 cm³/mol. The van der Waals surface area contributed by atoms with Crippen LogP contribution in [0.5, 0.6) is 0 Å². The minimum atomic E-state index is -3.56. The van der Waals surface area contributed by atoms with Crippen molar-refractivity contribution in [3.63, 3.8) is 0 Å². The number of nitrogens with zero attached hydrogens (tertiary/aromatic N) is 1. The Morgan fingerprint density at radius 1 is 1.39 bits per heavy atom. The van der Waals surface area contributed by atoms with Crippen LogP contribution >= 0.6 is 11.6 Å². The Bertz CT molecular complexity index is 501. The van der Waals surface area contributed by atoms with E-state index < -0.39 is 10.0 Å². The smallest absolute Gasteiger partial charge is 0.242 e. The first-order chi connectivity index (χ1) is 8.44. The van der Waals surface area contributed by atoms with Gasteiger partial charge < -0.3 is 5.32 Å². The van der Waals surface area contributed by atoms with Gasteiger partial charge in [0, 0.05) is 19.3 Å². The normalized spacial score (nSPS) is 11.8. The SMILES string of the molecule is CCC(CC)NS(=O)(=O)c1cnc(NC)c(Cl)c1. The van der Waals surface area contributed by atoms with Crippen molar-refractivity contribution < 1.29 is 8.42 Å². The van der Waals surface area contributed by atoms with Crippen LogP contribution < -0.4 is 10.0 Å². The molecule has 1 aromatic rings. The van der Waals surface area contributed by atoms with Crippen molar-refractivity contribution in [2.24, 2.45) is 0 Å². The number of rotatable bonds is 6. The third kappa shape index (κ3) is 3.57. The molecule has 18 heavy (non-hydrogen) atoms. The van der Waals surface area contributed by atoms with Gasteiger partial charge in [-0.3, -0.25) is 0 Å². The van der Waals surface area contributed by atoms with Crippen molar-refractivity contribution in [3.8, 4) is 0 Å². The number of hydrogen-bond acceptors (Lipinski definition) is 4. The molecule has 0 fully saturated rings. The second-order valence-corrected chi connectivity index (χ2v) is 6.01. The average molecular weight is 292 g/mol. The Morgan fingerprint density at radius 2 is 2.00 bits per heavy atom. The lowest BCUT2D eigenvalue weighted by atomic mass is 10.2. The van der Waals surface area contributed by atoms with E-state index in [0.29, 0.717) is 5.82 Å².